The summed E-state index contributed by atoms with van der Waals surface area (Å²) in [6, 6.07) is 18.4. The highest BCUT2D eigenvalue weighted by molar-refractivity contribution is 6.58. The number of nitrogens with zero attached hydrogens (tertiary/aromatic N) is 4. The molecule has 2 fully saturated rings. The van der Waals surface area contributed by atoms with E-state index in [4.69, 9.17) is 45.6 Å². The van der Waals surface area contributed by atoms with Crippen LogP contribution in [0, 0.1) is 0 Å². The lowest BCUT2D eigenvalue weighted by molar-refractivity contribution is -0.0171. The number of nitrogens with one attached hydrogen (secondary N) is 4. The molecule has 0 bridgehead atoms. The van der Waals surface area contributed by atoms with Crippen molar-refractivity contribution in [3.8, 4) is 45.3 Å². The molecule has 6 aliphatic rings. The molecule has 2 spiro atoms. The maximum Gasteiger partial charge on any atom is 0.488 e. The van der Waals surface area contributed by atoms with E-state index in [0.717, 1.165) is 104 Å². The zero-order valence-electron chi connectivity index (χ0n) is 43.9. The lowest BCUT2D eigenvalue weighted by atomic mass is 9.80. The van der Waals surface area contributed by atoms with E-state index in [1.54, 1.807) is 48.3 Å². The molecule has 2 aromatic carbocycles. The third-order valence-corrected chi connectivity index (χ3v) is 14.7. The number of aryl methyl sites for hydroxylation is 2. The van der Waals surface area contributed by atoms with Gasteiger partial charge in [0.15, 0.2) is 0 Å². The molecule has 404 valence electrons. The van der Waals surface area contributed by atoms with Crippen molar-refractivity contribution in [2.45, 2.75) is 110 Å². The molecule has 4 amide bonds. The molecule has 4 aliphatic heterocycles. The maximum atomic E-state index is 13.3. The first-order chi connectivity index (χ1) is 36.0. The fraction of sp³-hybridized carbons (Fsp3) is 0.404. The number of methoxy groups -OCH3 is 2. The van der Waals surface area contributed by atoms with Gasteiger partial charge >= 0.3 is 19.3 Å². The van der Waals surface area contributed by atoms with Crippen molar-refractivity contribution < 1.29 is 48.2 Å². The predicted molar refractivity (Wildman–Crippen MR) is 293 cm³/mol. The molecule has 6 aromatic rings. The Kier molecular flexibility index (Phi) is 14.5. The zero-order chi connectivity index (χ0) is 54.1. The topological polar surface area (TPSA) is 234 Å². The van der Waals surface area contributed by atoms with Crippen LogP contribution in [0.4, 0.5) is 9.59 Å². The third-order valence-electron chi connectivity index (χ3n) is 14.4. The first kappa shape index (κ1) is 54.4. The number of rotatable bonds is 4. The van der Waals surface area contributed by atoms with Crippen molar-refractivity contribution >= 4 is 48.2 Å². The number of aromatic nitrogens is 4. The summed E-state index contributed by atoms with van der Waals surface area (Å²) in [4.78, 5) is 70.3. The summed E-state index contributed by atoms with van der Waals surface area (Å²) in [7, 11) is 1.81. The second-order valence-electron chi connectivity index (χ2n) is 22.4. The number of ether oxygens (including phenoxy) is 4. The van der Waals surface area contributed by atoms with Gasteiger partial charge in [-0.3, -0.25) is 14.6 Å². The minimum absolute atomic E-state index is 0. The first-order valence-corrected chi connectivity index (χ1v) is 25.8. The van der Waals surface area contributed by atoms with Crippen LogP contribution in [0.5, 0.6) is 11.5 Å². The third kappa shape index (κ3) is 11.0. The summed E-state index contributed by atoms with van der Waals surface area (Å²) >= 11 is 6.11. The first-order valence-electron chi connectivity index (χ1n) is 25.4. The number of halogens is 1. The van der Waals surface area contributed by atoms with Crippen LogP contribution in [0.3, 0.4) is 0 Å². The number of hydrogen-bond donors (Lipinski definition) is 6. The van der Waals surface area contributed by atoms with Crippen LogP contribution in [-0.4, -0.2) is 134 Å². The van der Waals surface area contributed by atoms with Crippen LogP contribution in [0.15, 0.2) is 73.1 Å². The van der Waals surface area contributed by atoms with Gasteiger partial charge in [0, 0.05) is 79.5 Å². The van der Waals surface area contributed by atoms with Gasteiger partial charge in [-0.15, -0.1) is 0 Å². The van der Waals surface area contributed by atoms with Crippen molar-refractivity contribution in [2.75, 3.05) is 40.4 Å². The Labute approximate surface area is 453 Å². The maximum absolute atomic E-state index is 13.3. The SMILES string of the molecule is C.CC(C)(C)OC(=O)N1CC2(Cc3[nH]c4c(c3C(=O)N2)CCc2cnc(Cl)cc2-4)C1.COc1ccc(-c2cc3c(cn2)CCc2c-3[nH]c3c2C(=O)NC2(C3)CN(C(=O)OC(C)(C)C)C2)cc1.COc1ccc(B(O)O)cc1. The molecule has 0 saturated carbocycles. The fourth-order valence-electron chi connectivity index (χ4n) is 11.0. The van der Waals surface area contributed by atoms with Gasteiger partial charge in [-0.25, -0.2) is 14.6 Å². The number of aromatic amines is 2. The molecule has 0 atom stereocenters. The summed E-state index contributed by atoms with van der Waals surface area (Å²) in [6.45, 7) is 12.9. The smallest absolute Gasteiger partial charge is 0.488 e. The van der Waals surface area contributed by atoms with Gasteiger partial charge in [0.05, 0.1) is 53.5 Å². The van der Waals surface area contributed by atoms with Gasteiger partial charge in [0.25, 0.3) is 11.8 Å². The van der Waals surface area contributed by atoms with Crippen LogP contribution in [-0.2, 0) is 48.0 Å². The standard InChI is InChI=1S/C28H30N4O4.C21H23ClN4O3.C7H9BO3.CH4/c1-27(2,3)36-26(34)32-14-28(15-32)12-22-23(25(33)31-28)19-10-7-17-13-29-21(11-20(17)24(19)30-22)16-5-8-18(35-4)9-6-16;1-20(2,3)29-19(28)26-9-21(10-26)7-14-16(18(27)25-21)12-5-4-11-8-23-15(22)6-13(11)17(12)24-14;1-11-7-4-2-6(3-5-7)8(9)10;/h5-6,8-9,11,13,30H,7,10,12,14-15H2,1-4H3,(H,31,33);6,8,24H,4-5,7,9-10H2,1-3H3,(H,25,27);2-5,9-10H,1H3;1H4. The number of H-pyrrole nitrogens is 2. The van der Waals surface area contributed by atoms with Crippen molar-refractivity contribution in [3.63, 3.8) is 0 Å². The largest absolute Gasteiger partial charge is 0.497 e. The molecule has 18 nitrogen and oxygen atoms in total. The molecule has 2 saturated heterocycles. The normalized spacial score (nSPS) is 16.7. The molecule has 4 aromatic heterocycles. The molecule has 77 heavy (non-hydrogen) atoms. The average Bonchev–Trinajstić information content (AvgIpc) is 4.02. The second-order valence-corrected chi connectivity index (χ2v) is 22.8. The number of carbonyl (C=O) groups is 4. The Balaban J connectivity index is 0.000000158. The summed E-state index contributed by atoms with van der Waals surface area (Å²) in [5, 5.41) is 24.2. The summed E-state index contributed by atoms with van der Waals surface area (Å²) in [6.07, 6.45) is 7.66. The van der Waals surface area contributed by atoms with Gasteiger partial charge in [-0.1, -0.05) is 31.2 Å². The Morgan fingerprint density at radius 1 is 0.649 bits per heavy atom. The summed E-state index contributed by atoms with van der Waals surface area (Å²) < 4.78 is 21.1. The van der Waals surface area contributed by atoms with Crippen LogP contribution >= 0.6 is 11.6 Å². The van der Waals surface area contributed by atoms with Gasteiger partial charge in [0.2, 0.25) is 0 Å². The number of hydrogen-bond acceptors (Lipinski definition) is 12. The van der Waals surface area contributed by atoms with Crippen LogP contribution < -0.4 is 25.6 Å². The van der Waals surface area contributed by atoms with Gasteiger partial charge < -0.3 is 59.4 Å². The lowest BCUT2D eigenvalue weighted by Gasteiger charge is -2.51. The second kappa shape index (κ2) is 20.6. The zero-order valence-corrected chi connectivity index (χ0v) is 44.7. The molecule has 0 unspecified atom stereocenters. The van der Waals surface area contributed by atoms with E-state index in [0.29, 0.717) is 55.4 Å². The number of carbonyl (C=O) groups excluding carboxylic acids is 4. The molecule has 20 heteroatoms. The molecule has 12 rings (SSSR count). The highest BCUT2D eigenvalue weighted by Gasteiger charge is 2.53. The number of pyridine rings is 2. The molecular weight excluding hydrogens is 1000 g/mol. The molecule has 0 radical (unpaired) electrons. The lowest BCUT2D eigenvalue weighted by Crippen LogP contribution is -2.74. The Bertz CT molecular complexity index is 3260. The van der Waals surface area contributed by atoms with Gasteiger partial charge in [0.1, 0.15) is 27.9 Å². The van der Waals surface area contributed by atoms with Crippen molar-refractivity contribution in [2.24, 2.45) is 0 Å². The van der Waals surface area contributed by atoms with Crippen LogP contribution in [0.25, 0.3) is 33.8 Å². The summed E-state index contributed by atoms with van der Waals surface area (Å²) in [5.41, 5.74) is 12.3. The highest BCUT2D eigenvalue weighted by atomic mass is 35.5. The highest BCUT2D eigenvalue weighted by Crippen LogP contribution is 2.43. The van der Waals surface area contributed by atoms with E-state index >= 15 is 0 Å². The van der Waals surface area contributed by atoms with Crippen molar-refractivity contribution in [1.29, 1.82) is 0 Å². The summed E-state index contributed by atoms with van der Waals surface area (Å²) in [5.74, 6) is 1.37. The van der Waals surface area contributed by atoms with Gasteiger partial charge in [-0.05, 0) is 143 Å². The van der Waals surface area contributed by atoms with Crippen molar-refractivity contribution in [3.05, 3.63) is 123 Å². The van der Waals surface area contributed by atoms with E-state index < -0.39 is 29.4 Å². The Morgan fingerprint density at radius 3 is 1.51 bits per heavy atom. The molecule has 2 aliphatic carbocycles. The number of benzene rings is 2. The van der Waals surface area contributed by atoms with E-state index in [2.05, 4.69) is 31.7 Å². The van der Waals surface area contributed by atoms with E-state index in [-0.39, 0.29) is 31.4 Å². The average molecular weight is 1070 g/mol. The Morgan fingerprint density at radius 2 is 1.08 bits per heavy atom. The Hall–Kier alpha value is -7.35. The molecule has 8 heterocycles. The quantitative estimate of drug-likeness (QED) is 0.0758. The van der Waals surface area contributed by atoms with Crippen molar-refractivity contribution in [1.82, 2.24) is 40.4 Å². The number of likely N-dealkylation sites (tertiary alicyclic amines) is 2. The van der Waals surface area contributed by atoms with E-state index in [9.17, 15) is 19.2 Å². The monoisotopic (exact) mass is 1070 g/mol. The van der Waals surface area contributed by atoms with Crippen LogP contribution in [0.1, 0.15) is 103 Å². The number of fused-ring (bicyclic) bond motifs is 10. The van der Waals surface area contributed by atoms with E-state index in [1.165, 1.54) is 5.56 Å². The van der Waals surface area contributed by atoms with Gasteiger partial charge in [-0.2, -0.15) is 0 Å². The molecule has 6 N–H and O–H groups in total. The predicted octanol–water partition coefficient (Wildman–Crippen LogP) is 7.24. The minimum atomic E-state index is -1.40. The van der Waals surface area contributed by atoms with E-state index in [1.807, 2.05) is 84.3 Å². The number of amides is 4. The minimum Gasteiger partial charge on any atom is -0.497 e. The fourth-order valence-corrected chi connectivity index (χ4v) is 11.2. The molecular formula is C57H66BClN8O10. The van der Waals surface area contributed by atoms with Crippen LogP contribution in [0.2, 0.25) is 5.15 Å².